The first kappa shape index (κ1) is 23.0. The standard InChI is InChI=1S/C21H21N3O7S/c1-28-8-9-31-19-11-16(24(26)27)14(10-18(19)30-3)20(25)23-21-22-15(12-32-21)13-6-4-5-7-17(13)29-2/h4-7,10-12H,8-9H2,1-3H3,(H,22,23,25). The molecule has 2 aromatic carbocycles. The molecule has 0 atom stereocenters. The van der Waals surface area contributed by atoms with Crippen LogP contribution in [0.2, 0.25) is 0 Å². The third kappa shape index (κ3) is 5.13. The van der Waals surface area contributed by atoms with Gasteiger partial charge >= 0.3 is 0 Å². The Hall–Kier alpha value is -3.70. The summed E-state index contributed by atoms with van der Waals surface area (Å²) in [6.45, 7) is 0.457. The summed E-state index contributed by atoms with van der Waals surface area (Å²) in [6, 6.07) is 9.76. The smallest absolute Gasteiger partial charge is 0.286 e. The first-order valence-electron chi connectivity index (χ1n) is 9.37. The summed E-state index contributed by atoms with van der Waals surface area (Å²) in [6.07, 6.45) is 0. The molecular weight excluding hydrogens is 438 g/mol. The molecule has 168 valence electrons. The number of carbonyl (C=O) groups excluding carboxylic acids is 1. The molecule has 3 rings (SSSR count). The Morgan fingerprint density at radius 1 is 1.09 bits per heavy atom. The van der Waals surface area contributed by atoms with Crippen molar-refractivity contribution in [3.05, 3.63) is 57.5 Å². The van der Waals surface area contributed by atoms with Gasteiger partial charge in [0.05, 0.1) is 37.5 Å². The van der Waals surface area contributed by atoms with Crippen molar-refractivity contribution in [1.29, 1.82) is 0 Å². The second kappa shape index (κ2) is 10.6. The van der Waals surface area contributed by atoms with Crippen molar-refractivity contribution in [1.82, 2.24) is 4.98 Å². The first-order valence-corrected chi connectivity index (χ1v) is 10.2. The van der Waals surface area contributed by atoms with Crippen molar-refractivity contribution in [2.45, 2.75) is 0 Å². The molecule has 0 bridgehead atoms. The van der Waals surface area contributed by atoms with Gasteiger partial charge in [0.15, 0.2) is 16.6 Å². The minimum absolute atomic E-state index is 0.139. The number of rotatable bonds is 10. The molecule has 0 unspecified atom stereocenters. The molecule has 1 aromatic heterocycles. The fraction of sp³-hybridized carbons (Fsp3) is 0.238. The van der Waals surface area contributed by atoms with Crippen LogP contribution in [0.25, 0.3) is 11.3 Å². The van der Waals surface area contributed by atoms with Crippen LogP contribution < -0.4 is 19.5 Å². The van der Waals surface area contributed by atoms with E-state index in [4.69, 9.17) is 18.9 Å². The molecule has 11 heteroatoms. The summed E-state index contributed by atoms with van der Waals surface area (Å²) in [5.41, 5.74) is 0.769. The molecule has 10 nitrogen and oxygen atoms in total. The SMILES string of the molecule is COCCOc1cc([N+](=O)[O-])c(C(=O)Nc2nc(-c3ccccc3OC)cs2)cc1OC. The maximum absolute atomic E-state index is 12.9. The Kier molecular flexibility index (Phi) is 7.58. The van der Waals surface area contributed by atoms with Gasteiger partial charge in [-0.05, 0) is 12.1 Å². The lowest BCUT2D eigenvalue weighted by Gasteiger charge is -2.12. The van der Waals surface area contributed by atoms with Gasteiger partial charge in [-0.15, -0.1) is 11.3 Å². The molecular formula is C21H21N3O7S. The summed E-state index contributed by atoms with van der Waals surface area (Å²) in [5.74, 6) is 0.269. The van der Waals surface area contributed by atoms with Crippen LogP contribution in [-0.4, -0.2) is 50.4 Å². The van der Waals surface area contributed by atoms with E-state index in [9.17, 15) is 14.9 Å². The number of para-hydroxylation sites is 1. The van der Waals surface area contributed by atoms with E-state index in [1.807, 2.05) is 18.2 Å². The molecule has 1 heterocycles. The second-order valence-corrected chi connectivity index (χ2v) is 7.17. The predicted molar refractivity (Wildman–Crippen MR) is 119 cm³/mol. The van der Waals surface area contributed by atoms with Crippen LogP contribution in [0.1, 0.15) is 10.4 Å². The molecule has 0 aliphatic rings. The summed E-state index contributed by atoms with van der Waals surface area (Å²) in [7, 11) is 4.45. The number of aromatic nitrogens is 1. The number of hydrogen-bond donors (Lipinski definition) is 1. The largest absolute Gasteiger partial charge is 0.496 e. The monoisotopic (exact) mass is 459 g/mol. The zero-order valence-electron chi connectivity index (χ0n) is 17.6. The van der Waals surface area contributed by atoms with E-state index in [1.54, 1.807) is 18.6 Å². The average molecular weight is 459 g/mol. The number of nitro benzene ring substituents is 1. The number of benzene rings is 2. The fourth-order valence-electron chi connectivity index (χ4n) is 2.86. The number of thiazole rings is 1. The van der Waals surface area contributed by atoms with Crippen LogP contribution in [0, 0.1) is 10.1 Å². The molecule has 0 fully saturated rings. The van der Waals surface area contributed by atoms with Crippen LogP contribution in [0.3, 0.4) is 0 Å². The normalized spacial score (nSPS) is 10.5. The van der Waals surface area contributed by atoms with Gasteiger partial charge < -0.3 is 18.9 Å². The Morgan fingerprint density at radius 3 is 2.53 bits per heavy atom. The second-order valence-electron chi connectivity index (χ2n) is 6.31. The molecule has 1 amide bonds. The molecule has 0 spiro atoms. The third-order valence-corrected chi connectivity index (χ3v) is 5.13. The highest BCUT2D eigenvalue weighted by Gasteiger charge is 2.25. The lowest BCUT2D eigenvalue weighted by atomic mass is 10.1. The van der Waals surface area contributed by atoms with Gasteiger partial charge in [-0.2, -0.15) is 0 Å². The van der Waals surface area contributed by atoms with E-state index in [1.165, 1.54) is 31.6 Å². The van der Waals surface area contributed by atoms with Gasteiger partial charge in [0.2, 0.25) is 0 Å². The minimum atomic E-state index is -0.695. The van der Waals surface area contributed by atoms with Crippen LogP contribution in [0.4, 0.5) is 10.8 Å². The van der Waals surface area contributed by atoms with Crippen molar-refractivity contribution in [2.75, 3.05) is 39.9 Å². The highest BCUT2D eigenvalue weighted by molar-refractivity contribution is 7.14. The molecule has 0 radical (unpaired) electrons. The number of methoxy groups -OCH3 is 3. The van der Waals surface area contributed by atoms with E-state index in [2.05, 4.69) is 10.3 Å². The number of ether oxygens (including phenoxy) is 4. The summed E-state index contributed by atoms with van der Waals surface area (Å²) >= 11 is 1.19. The number of nitrogens with one attached hydrogen (secondary N) is 1. The van der Waals surface area contributed by atoms with Crippen LogP contribution >= 0.6 is 11.3 Å². The van der Waals surface area contributed by atoms with Gasteiger partial charge in [-0.1, -0.05) is 12.1 Å². The molecule has 0 aliphatic heterocycles. The van der Waals surface area contributed by atoms with Crippen LogP contribution in [0.15, 0.2) is 41.8 Å². The van der Waals surface area contributed by atoms with Gasteiger partial charge in [-0.3, -0.25) is 20.2 Å². The molecule has 0 saturated heterocycles. The summed E-state index contributed by atoms with van der Waals surface area (Å²) < 4.78 is 21.0. The average Bonchev–Trinajstić information content (AvgIpc) is 3.26. The number of hydrogen-bond acceptors (Lipinski definition) is 9. The van der Waals surface area contributed by atoms with Crippen molar-refractivity contribution < 1.29 is 28.7 Å². The topological polar surface area (TPSA) is 122 Å². The van der Waals surface area contributed by atoms with Crippen molar-refractivity contribution >= 4 is 28.1 Å². The lowest BCUT2D eigenvalue weighted by molar-refractivity contribution is -0.385. The van der Waals surface area contributed by atoms with Gasteiger partial charge in [0.25, 0.3) is 11.6 Å². The fourth-order valence-corrected chi connectivity index (χ4v) is 3.57. The third-order valence-electron chi connectivity index (χ3n) is 4.38. The van der Waals surface area contributed by atoms with E-state index < -0.39 is 16.5 Å². The van der Waals surface area contributed by atoms with Gasteiger partial charge in [0, 0.05) is 24.1 Å². The van der Waals surface area contributed by atoms with E-state index in [-0.39, 0.29) is 35.4 Å². The highest BCUT2D eigenvalue weighted by atomic mass is 32.1. The molecule has 0 saturated carbocycles. The van der Waals surface area contributed by atoms with Crippen molar-refractivity contribution in [3.63, 3.8) is 0 Å². The number of anilines is 1. The van der Waals surface area contributed by atoms with E-state index >= 15 is 0 Å². The maximum Gasteiger partial charge on any atom is 0.286 e. The van der Waals surface area contributed by atoms with Crippen molar-refractivity contribution in [3.8, 4) is 28.5 Å². The number of amides is 1. The summed E-state index contributed by atoms with van der Waals surface area (Å²) in [4.78, 5) is 28.2. The Morgan fingerprint density at radius 2 is 1.84 bits per heavy atom. The predicted octanol–water partition coefficient (Wildman–Crippen LogP) is 4.01. The summed E-state index contributed by atoms with van der Waals surface area (Å²) in [5, 5.41) is 16.2. The molecule has 0 aliphatic carbocycles. The minimum Gasteiger partial charge on any atom is -0.496 e. The Balaban J connectivity index is 1.87. The zero-order chi connectivity index (χ0) is 23.1. The quantitative estimate of drug-likeness (QED) is 0.274. The maximum atomic E-state index is 12.9. The molecule has 3 aromatic rings. The van der Waals surface area contributed by atoms with Gasteiger partial charge in [-0.25, -0.2) is 4.98 Å². The Labute approximate surface area is 187 Å². The van der Waals surface area contributed by atoms with Crippen molar-refractivity contribution in [2.24, 2.45) is 0 Å². The number of carbonyl (C=O) groups is 1. The zero-order valence-corrected chi connectivity index (χ0v) is 18.4. The van der Waals surface area contributed by atoms with Gasteiger partial charge in [0.1, 0.15) is 17.9 Å². The highest BCUT2D eigenvalue weighted by Crippen LogP contribution is 2.36. The lowest BCUT2D eigenvalue weighted by Crippen LogP contribution is -2.15. The van der Waals surface area contributed by atoms with E-state index in [0.717, 1.165) is 11.6 Å². The Bertz CT molecular complexity index is 1120. The van der Waals surface area contributed by atoms with E-state index in [0.29, 0.717) is 11.4 Å². The number of nitro groups is 1. The first-order chi connectivity index (χ1) is 15.5. The number of nitrogens with zero attached hydrogens (tertiary/aromatic N) is 2. The van der Waals surface area contributed by atoms with Crippen LogP contribution in [-0.2, 0) is 4.74 Å². The van der Waals surface area contributed by atoms with Crippen LogP contribution in [0.5, 0.6) is 17.2 Å². The molecule has 32 heavy (non-hydrogen) atoms. The molecule has 1 N–H and O–H groups in total.